The maximum atomic E-state index is 15.8. The van der Waals surface area contributed by atoms with Crippen LogP contribution in [-0.2, 0) is 11.5 Å². The van der Waals surface area contributed by atoms with Gasteiger partial charge in [0.25, 0.3) is 0 Å². The van der Waals surface area contributed by atoms with Crippen molar-refractivity contribution in [2.24, 2.45) is 16.8 Å². The third-order valence-electron chi connectivity index (χ3n) is 4.68. The first-order chi connectivity index (χ1) is 16.4. The lowest BCUT2D eigenvalue weighted by Crippen LogP contribution is -2.54. The van der Waals surface area contributed by atoms with Crippen molar-refractivity contribution >= 4 is 6.34 Å². The fourth-order valence-corrected chi connectivity index (χ4v) is 2.99. The summed E-state index contributed by atoms with van der Waals surface area (Å²) in [6.45, 7) is 3.62. The number of aromatic nitrogens is 1. The third kappa shape index (κ3) is 6.53. The molecule has 0 aliphatic heterocycles. The molecule has 0 saturated heterocycles. The smallest absolute Gasteiger partial charge is 0.323 e. The topological polar surface area (TPSA) is 101 Å². The summed E-state index contributed by atoms with van der Waals surface area (Å²) >= 11 is 0. The van der Waals surface area contributed by atoms with Crippen molar-refractivity contribution in [1.82, 2.24) is 9.99 Å². The molecular weight excluding hydrogens is 469 g/mol. The van der Waals surface area contributed by atoms with Crippen LogP contribution in [0.3, 0.4) is 0 Å². The lowest BCUT2D eigenvalue weighted by molar-refractivity contribution is -0.203. The number of alkyl halides is 2. The normalized spacial score (nSPS) is 14.0. The van der Waals surface area contributed by atoms with Gasteiger partial charge in [0.15, 0.2) is 5.60 Å². The van der Waals surface area contributed by atoms with Crippen LogP contribution in [0.5, 0.6) is 0 Å². The second kappa shape index (κ2) is 11.4. The van der Waals surface area contributed by atoms with E-state index in [0.29, 0.717) is 28.8 Å². The highest BCUT2D eigenvalue weighted by molar-refractivity contribution is 5.54. The number of hydrogen-bond donors (Lipinski definition) is 3. The fourth-order valence-electron chi connectivity index (χ4n) is 2.99. The number of nitrogens with two attached hydrogens (primary N) is 2. The van der Waals surface area contributed by atoms with E-state index in [1.54, 1.807) is 13.0 Å². The number of pyridine rings is 1. The van der Waals surface area contributed by atoms with E-state index >= 15 is 8.78 Å². The highest BCUT2D eigenvalue weighted by atomic mass is 19.3. The summed E-state index contributed by atoms with van der Waals surface area (Å²) in [6, 6.07) is 5.17. The second-order valence-electron chi connectivity index (χ2n) is 7.18. The molecule has 2 aromatic rings. The van der Waals surface area contributed by atoms with Crippen LogP contribution in [0.15, 0.2) is 77.7 Å². The quantitative estimate of drug-likeness (QED) is 0.0994. The number of halogens is 5. The van der Waals surface area contributed by atoms with Gasteiger partial charge in [-0.1, -0.05) is 24.6 Å². The molecule has 1 unspecified atom stereocenters. The van der Waals surface area contributed by atoms with Gasteiger partial charge in [-0.2, -0.15) is 13.9 Å². The van der Waals surface area contributed by atoms with Crippen molar-refractivity contribution < 1.29 is 27.1 Å². The first-order valence-corrected chi connectivity index (χ1v) is 9.93. The summed E-state index contributed by atoms with van der Waals surface area (Å²) in [5.74, 6) is 8.31. The Morgan fingerprint density at radius 1 is 1.26 bits per heavy atom. The Hall–Kier alpha value is -4.01. The molecule has 0 amide bonds. The average Bonchev–Trinajstić information content (AvgIpc) is 2.79. The van der Waals surface area contributed by atoms with E-state index in [4.69, 9.17) is 11.7 Å². The van der Waals surface area contributed by atoms with Crippen LogP contribution < -0.4 is 11.7 Å². The lowest BCUT2D eigenvalue weighted by atomic mass is 9.84. The van der Waals surface area contributed by atoms with Gasteiger partial charge in [0.1, 0.15) is 35.2 Å². The molecule has 0 aliphatic rings. The number of aliphatic hydroxyl groups is 1. The number of nitrogens with zero attached hydrogens (tertiary/aromatic N) is 3. The molecule has 2 rings (SSSR count). The number of hydrogen-bond acceptors (Lipinski definition) is 5. The predicted molar refractivity (Wildman–Crippen MR) is 122 cm³/mol. The Morgan fingerprint density at radius 3 is 2.57 bits per heavy atom. The van der Waals surface area contributed by atoms with Crippen LogP contribution in [0.4, 0.5) is 22.0 Å². The van der Waals surface area contributed by atoms with Crippen molar-refractivity contribution in [2.45, 2.75) is 18.4 Å². The lowest BCUT2D eigenvalue weighted by Gasteiger charge is -2.37. The molecule has 6 nitrogen and oxygen atoms in total. The summed E-state index contributed by atoms with van der Waals surface area (Å²) in [5.41, 5.74) is -5.01. The maximum absolute atomic E-state index is 15.8. The van der Waals surface area contributed by atoms with E-state index in [0.717, 1.165) is 18.5 Å². The van der Waals surface area contributed by atoms with Crippen molar-refractivity contribution in [2.75, 3.05) is 6.54 Å². The molecule has 0 aliphatic carbocycles. The molecule has 1 heterocycles. The van der Waals surface area contributed by atoms with Crippen LogP contribution in [0.2, 0.25) is 0 Å². The van der Waals surface area contributed by atoms with Crippen LogP contribution in [-0.4, -0.2) is 28.0 Å². The van der Waals surface area contributed by atoms with Gasteiger partial charge in [-0.15, -0.1) is 0 Å². The van der Waals surface area contributed by atoms with E-state index in [9.17, 15) is 18.3 Å². The molecular formula is C24H22F5N5O. The van der Waals surface area contributed by atoms with Crippen molar-refractivity contribution in [3.63, 3.8) is 0 Å². The van der Waals surface area contributed by atoms with E-state index in [1.165, 1.54) is 18.2 Å². The van der Waals surface area contributed by atoms with E-state index in [2.05, 4.69) is 28.5 Å². The van der Waals surface area contributed by atoms with Gasteiger partial charge in [0.2, 0.25) is 0 Å². The molecule has 5 N–H and O–H groups in total. The first kappa shape index (κ1) is 27.2. The van der Waals surface area contributed by atoms with Gasteiger partial charge in [0, 0.05) is 17.2 Å². The van der Waals surface area contributed by atoms with Gasteiger partial charge in [-0.05, 0) is 49.3 Å². The standard InChI is InChI=1S/C24H22F5N5O/c1-3-17(8-7-16(2)25)9-11-19-5-4-6-22(33-19)24(28,29)23(35,14-34(31)15-32-30)20-12-10-18(26)13-21(20)27/h3-8,10,12-13,15,35H,2,14,30-31H2,1H3/b8-7-,17-3+,32-15-. The summed E-state index contributed by atoms with van der Waals surface area (Å²) in [5, 5.41) is 14.7. The minimum absolute atomic E-state index is 0.121. The van der Waals surface area contributed by atoms with Crippen LogP contribution in [0.1, 0.15) is 23.9 Å². The van der Waals surface area contributed by atoms with Crippen LogP contribution >= 0.6 is 0 Å². The molecule has 1 aromatic heterocycles. The number of rotatable bonds is 8. The van der Waals surface area contributed by atoms with Gasteiger partial charge in [0.05, 0.1) is 6.54 Å². The Bertz CT molecular complexity index is 1230. The number of benzene rings is 1. The van der Waals surface area contributed by atoms with Gasteiger partial charge in [-0.3, -0.25) is 5.01 Å². The molecule has 1 aromatic carbocycles. The minimum atomic E-state index is -4.27. The van der Waals surface area contributed by atoms with E-state index < -0.39 is 46.8 Å². The zero-order chi connectivity index (χ0) is 26.2. The Kier molecular flexibility index (Phi) is 8.88. The predicted octanol–water partition coefficient (Wildman–Crippen LogP) is 3.75. The van der Waals surface area contributed by atoms with Crippen molar-refractivity contribution in [1.29, 1.82) is 0 Å². The monoisotopic (exact) mass is 491 g/mol. The van der Waals surface area contributed by atoms with E-state index in [-0.39, 0.29) is 5.69 Å². The number of allylic oxidation sites excluding steroid dienone is 5. The largest absolute Gasteiger partial charge is 0.377 e. The summed E-state index contributed by atoms with van der Waals surface area (Å²) in [6.07, 6.45) is 4.69. The summed E-state index contributed by atoms with van der Waals surface area (Å²) in [4.78, 5) is 3.80. The minimum Gasteiger partial charge on any atom is -0.377 e. The molecule has 0 radical (unpaired) electrons. The van der Waals surface area contributed by atoms with Gasteiger partial charge >= 0.3 is 5.92 Å². The summed E-state index contributed by atoms with van der Waals surface area (Å²) < 4.78 is 72.4. The summed E-state index contributed by atoms with van der Waals surface area (Å²) in [7, 11) is 0. The number of hydrazone groups is 1. The Labute approximate surface area is 198 Å². The molecule has 0 saturated carbocycles. The molecule has 0 fully saturated rings. The number of hydrazine groups is 1. The second-order valence-corrected chi connectivity index (χ2v) is 7.18. The maximum Gasteiger partial charge on any atom is 0.323 e. The highest BCUT2D eigenvalue weighted by Crippen LogP contribution is 2.46. The molecule has 1 atom stereocenters. The first-order valence-electron chi connectivity index (χ1n) is 9.93. The Morgan fingerprint density at radius 2 is 1.97 bits per heavy atom. The third-order valence-corrected chi connectivity index (χ3v) is 4.68. The molecule has 184 valence electrons. The van der Waals surface area contributed by atoms with E-state index in [1.807, 2.05) is 0 Å². The van der Waals surface area contributed by atoms with Crippen LogP contribution in [0, 0.1) is 23.5 Å². The highest BCUT2D eigenvalue weighted by Gasteiger charge is 2.58. The van der Waals surface area contributed by atoms with Gasteiger partial charge in [-0.25, -0.2) is 24.0 Å². The zero-order valence-electron chi connectivity index (χ0n) is 18.5. The molecule has 11 heteroatoms. The molecule has 0 spiro atoms. The molecule has 35 heavy (non-hydrogen) atoms. The van der Waals surface area contributed by atoms with Crippen molar-refractivity contribution in [3.8, 4) is 11.8 Å². The van der Waals surface area contributed by atoms with Crippen LogP contribution in [0.25, 0.3) is 0 Å². The zero-order valence-corrected chi connectivity index (χ0v) is 18.5. The average molecular weight is 491 g/mol. The van der Waals surface area contributed by atoms with Crippen molar-refractivity contribution in [3.05, 3.63) is 101 Å². The SMILES string of the molecule is C=C(F)/C=C\C(C#Cc1cccc(C(F)(F)C(O)(CN(N)/C=N\N)c2ccc(F)cc2F)n1)=C/C. The fraction of sp³-hybridized carbons (Fsp3) is 0.167. The molecule has 0 bridgehead atoms. The Balaban J connectivity index is 2.59. The van der Waals surface area contributed by atoms with Gasteiger partial charge < -0.3 is 10.9 Å².